The molecule has 0 radical (unpaired) electrons. The van der Waals surface area contributed by atoms with E-state index in [0.29, 0.717) is 18.0 Å². The molecule has 3 aromatic rings. The van der Waals surface area contributed by atoms with Crippen LogP contribution >= 0.6 is 0 Å². The van der Waals surface area contributed by atoms with Gasteiger partial charge in [-0.1, -0.05) is 24.3 Å². The second-order valence-electron chi connectivity index (χ2n) is 9.05. The van der Waals surface area contributed by atoms with Crippen LogP contribution in [0.3, 0.4) is 0 Å². The Hall–Kier alpha value is -2.92. The van der Waals surface area contributed by atoms with E-state index in [2.05, 4.69) is 36.1 Å². The van der Waals surface area contributed by atoms with Gasteiger partial charge in [-0.2, -0.15) is 0 Å². The van der Waals surface area contributed by atoms with Crippen molar-refractivity contribution in [2.24, 2.45) is 5.92 Å². The summed E-state index contributed by atoms with van der Waals surface area (Å²) >= 11 is 0. The van der Waals surface area contributed by atoms with Gasteiger partial charge in [0.15, 0.2) is 0 Å². The zero-order valence-electron chi connectivity index (χ0n) is 19.0. The number of furan rings is 1. The highest BCUT2D eigenvalue weighted by molar-refractivity contribution is 5.94. The van der Waals surface area contributed by atoms with Crippen LogP contribution in [0.5, 0.6) is 0 Å². The highest BCUT2D eigenvalue weighted by atomic mass is 19.1. The Kier molecular flexibility index (Phi) is 6.75. The third kappa shape index (κ3) is 4.94. The van der Waals surface area contributed by atoms with Gasteiger partial charge in [-0.05, 0) is 74.2 Å². The number of carbonyl (C=O) groups excluding carboxylic acids is 1. The van der Waals surface area contributed by atoms with Crippen LogP contribution in [0.15, 0.2) is 71.3 Å². The van der Waals surface area contributed by atoms with Gasteiger partial charge in [0.25, 0.3) is 5.91 Å². The van der Waals surface area contributed by atoms with Gasteiger partial charge in [-0.3, -0.25) is 9.69 Å². The van der Waals surface area contributed by atoms with E-state index >= 15 is 0 Å². The van der Waals surface area contributed by atoms with Gasteiger partial charge in [0.05, 0.1) is 12.8 Å². The number of nitrogens with zero attached hydrogens (tertiary/aromatic N) is 2. The maximum absolute atomic E-state index is 13.4. The number of hydrogen-bond acceptors (Lipinski definition) is 3. The van der Waals surface area contributed by atoms with Crippen molar-refractivity contribution in [2.75, 3.05) is 19.6 Å². The third-order valence-electron chi connectivity index (χ3n) is 6.47. The predicted octanol–water partition coefficient (Wildman–Crippen LogP) is 5.49. The van der Waals surface area contributed by atoms with Crippen molar-refractivity contribution in [1.29, 1.82) is 0 Å². The van der Waals surface area contributed by atoms with Gasteiger partial charge < -0.3 is 9.32 Å². The largest absolute Gasteiger partial charge is 0.468 e. The van der Waals surface area contributed by atoms with E-state index in [1.165, 1.54) is 23.3 Å². The summed E-state index contributed by atoms with van der Waals surface area (Å²) < 4.78 is 19.0. The molecule has 1 fully saturated rings. The fraction of sp³-hybridized carbons (Fsp3) is 0.370. The number of hydrogen-bond donors (Lipinski definition) is 0. The summed E-state index contributed by atoms with van der Waals surface area (Å²) in [5.41, 5.74) is 3.15. The van der Waals surface area contributed by atoms with Crippen LogP contribution in [-0.4, -0.2) is 41.4 Å². The number of aryl methyl sites for hydroxylation is 1. The van der Waals surface area contributed by atoms with Crippen LogP contribution in [0.2, 0.25) is 0 Å². The molecule has 0 unspecified atom stereocenters. The Morgan fingerprint density at radius 3 is 2.50 bits per heavy atom. The van der Waals surface area contributed by atoms with Crippen molar-refractivity contribution in [3.63, 3.8) is 0 Å². The molecule has 4 rings (SSSR count). The molecule has 1 aliphatic rings. The molecule has 5 heteroatoms. The molecule has 0 bridgehead atoms. The van der Waals surface area contributed by atoms with E-state index in [9.17, 15) is 9.18 Å². The van der Waals surface area contributed by atoms with Crippen LogP contribution in [0.4, 0.5) is 4.39 Å². The van der Waals surface area contributed by atoms with Crippen LogP contribution in [0.25, 0.3) is 0 Å². The van der Waals surface area contributed by atoms with Gasteiger partial charge in [-0.15, -0.1) is 0 Å². The normalized spacial score (nSPS) is 18.9. The molecular formula is C27H31FN2O2. The Morgan fingerprint density at radius 2 is 1.84 bits per heavy atom. The summed E-state index contributed by atoms with van der Waals surface area (Å²) in [5, 5.41) is 0. The second-order valence-corrected chi connectivity index (χ2v) is 9.05. The molecule has 2 atom stereocenters. The zero-order chi connectivity index (χ0) is 22.7. The molecule has 0 saturated carbocycles. The SMILES string of the molecule is Cc1ccccc1[C@H]1CN(Cc2ccco2)C[C@@H]1CN(C(=O)c1ccc(F)cc1)C(C)C. The minimum atomic E-state index is -0.332. The first-order valence-electron chi connectivity index (χ1n) is 11.3. The standard InChI is InChI=1S/C27H31FN2O2/c1-19(2)30(27(31)21-10-12-23(28)13-11-21)16-22-15-29(17-24-8-6-14-32-24)18-26(22)25-9-5-4-7-20(25)3/h4-14,19,22,26H,15-18H2,1-3H3/t22-,26+/m1/s1. The summed E-state index contributed by atoms with van der Waals surface area (Å²) in [7, 11) is 0. The predicted molar refractivity (Wildman–Crippen MR) is 124 cm³/mol. The maximum atomic E-state index is 13.4. The molecule has 4 nitrogen and oxygen atoms in total. The first-order chi connectivity index (χ1) is 15.4. The van der Waals surface area contributed by atoms with Gasteiger partial charge in [0.2, 0.25) is 0 Å². The number of benzene rings is 2. The van der Waals surface area contributed by atoms with E-state index in [4.69, 9.17) is 4.42 Å². The van der Waals surface area contributed by atoms with Crippen LogP contribution in [0.1, 0.15) is 47.0 Å². The molecule has 1 amide bonds. The topological polar surface area (TPSA) is 36.7 Å². The molecule has 168 valence electrons. The van der Waals surface area contributed by atoms with Crippen molar-refractivity contribution in [3.8, 4) is 0 Å². The Bertz CT molecular complexity index is 1030. The van der Waals surface area contributed by atoms with E-state index in [1.54, 1.807) is 18.4 Å². The van der Waals surface area contributed by atoms with E-state index < -0.39 is 0 Å². The van der Waals surface area contributed by atoms with Crippen LogP contribution in [-0.2, 0) is 6.54 Å². The van der Waals surface area contributed by atoms with Crippen molar-refractivity contribution >= 4 is 5.91 Å². The average Bonchev–Trinajstić information content (AvgIpc) is 3.42. The molecule has 32 heavy (non-hydrogen) atoms. The fourth-order valence-corrected chi connectivity index (χ4v) is 4.79. The third-order valence-corrected chi connectivity index (χ3v) is 6.47. The molecule has 0 aliphatic carbocycles. The number of likely N-dealkylation sites (tertiary alicyclic amines) is 1. The lowest BCUT2D eigenvalue weighted by Gasteiger charge is -2.32. The average molecular weight is 435 g/mol. The molecule has 2 heterocycles. The zero-order valence-corrected chi connectivity index (χ0v) is 19.0. The van der Waals surface area contributed by atoms with Crippen molar-refractivity contribution in [3.05, 3.63) is 95.2 Å². The van der Waals surface area contributed by atoms with Crippen molar-refractivity contribution in [2.45, 2.75) is 39.3 Å². The summed E-state index contributed by atoms with van der Waals surface area (Å²) in [4.78, 5) is 17.7. The minimum absolute atomic E-state index is 0.0456. The first-order valence-corrected chi connectivity index (χ1v) is 11.3. The molecule has 2 aromatic carbocycles. The Labute approximate surface area is 189 Å². The number of amides is 1. The monoisotopic (exact) mass is 434 g/mol. The van der Waals surface area contributed by atoms with Crippen LogP contribution < -0.4 is 0 Å². The van der Waals surface area contributed by atoms with Gasteiger partial charge in [0.1, 0.15) is 11.6 Å². The second kappa shape index (κ2) is 9.70. The summed E-state index contributed by atoms with van der Waals surface area (Å²) in [6.45, 7) is 9.47. The summed E-state index contributed by atoms with van der Waals surface area (Å²) in [5.74, 6) is 1.19. The lowest BCUT2D eigenvalue weighted by atomic mass is 9.86. The Morgan fingerprint density at radius 1 is 1.09 bits per heavy atom. The molecular weight excluding hydrogens is 403 g/mol. The van der Waals surface area contributed by atoms with Crippen molar-refractivity contribution in [1.82, 2.24) is 9.80 Å². The summed E-state index contributed by atoms with van der Waals surface area (Å²) in [6.07, 6.45) is 1.71. The lowest BCUT2D eigenvalue weighted by molar-refractivity contribution is 0.0668. The van der Waals surface area contributed by atoms with Crippen LogP contribution in [0, 0.1) is 18.7 Å². The van der Waals surface area contributed by atoms with Gasteiger partial charge in [-0.25, -0.2) is 4.39 Å². The quantitative estimate of drug-likeness (QED) is 0.493. The first kappa shape index (κ1) is 22.3. The lowest BCUT2D eigenvalue weighted by Crippen LogP contribution is -2.42. The van der Waals surface area contributed by atoms with E-state index in [-0.39, 0.29) is 23.7 Å². The molecule has 1 saturated heterocycles. The molecule has 0 N–H and O–H groups in total. The van der Waals surface area contributed by atoms with Crippen molar-refractivity contribution < 1.29 is 13.6 Å². The summed E-state index contributed by atoms with van der Waals surface area (Å²) in [6, 6.07) is 18.4. The number of carbonyl (C=O) groups is 1. The molecule has 1 aliphatic heterocycles. The fourth-order valence-electron chi connectivity index (χ4n) is 4.79. The maximum Gasteiger partial charge on any atom is 0.254 e. The number of rotatable bonds is 7. The molecule has 0 spiro atoms. The highest BCUT2D eigenvalue weighted by Crippen LogP contribution is 2.36. The number of halogens is 1. The minimum Gasteiger partial charge on any atom is -0.468 e. The van der Waals surface area contributed by atoms with Gasteiger partial charge in [0, 0.05) is 37.2 Å². The Balaban J connectivity index is 1.58. The highest BCUT2D eigenvalue weighted by Gasteiger charge is 2.37. The smallest absolute Gasteiger partial charge is 0.254 e. The van der Waals surface area contributed by atoms with Gasteiger partial charge >= 0.3 is 0 Å². The van der Waals surface area contributed by atoms with E-state index in [0.717, 1.165) is 25.4 Å². The van der Waals surface area contributed by atoms with E-state index in [1.807, 2.05) is 30.9 Å². The molecule has 1 aromatic heterocycles.